The van der Waals surface area contributed by atoms with E-state index in [9.17, 15) is 12.8 Å². The summed E-state index contributed by atoms with van der Waals surface area (Å²) in [6.07, 6.45) is 0. The second kappa shape index (κ2) is 6.50. The second-order valence-electron chi connectivity index (χ2n) is 4.47. The van der Waals surface area contributed by atoms with Crippen molar-refractivity contribution in [2.24, 2.45) is 0 Å². The van der Waals surface area contributed by atoms with Crippen LogP contribution in [0, 0.1) is 17.1 Å². The monoisotopic (exact) mass is 319 g/mol. The summed E-state index contributed by atoms with van der Waals surface area (Å²) in [5, 5.41) is 11.9. The molecule has 1 unspecified atom stereocenters. The van der Waals surface area contributed by atoms with Crippen LogP contribution in [0.3, 0.4) is 0 Å². The van der Waals surface area contributed by atoms with E-state index in [1.54, 1.807) is 6.07 Å². The van der Waals surface area contributed by atoms with Gasteiger partial charge < -0.3 is 5.32 Å². The Balaban J connectivity index is 0.00000200. The van der Waals surface area contributed by atoms with Gasteiger partial charge in [-0.05, 0) is 25.1 Å². The van der Waals surface area contributed by atoms with E-state index < -0.39 is 15.8 Å². The summed E-state index contributed by atoms with van der Waals surface area (Å²) < 4.78 is 39.3. The summed E-state index contributed by atoms with van der Waals surface area (Å²) in [6, 6.07) is 5.00. The molecular formula is C12H15ClFN3O2S. The number of benzene rings is 1. The lowest BCUT2D eigenvalue weighted by atomic mass is 10.2. The first-order valence-corrected chi connectivity index (χ1v) is 7.32. The zero-order valence-corrected chi connectivity index (χ0v) is 12.5. The van der Waals surface area contributed by atoms with Crippen molar-refractivity contribution in [1.82, 2.24) is 9.62 Å². The van der Waals surface area contributed by atoms with Crippen molar-refractivity contribution < 1.29 is 12.8 Å². The highest BCUT2D eigenvalue weighted by Crippen LogP contribution is 2.19. The molecule has 0 spiro atoms. The predicted octanol–water partition coefficient (Wildman–Crippen LogP) is 1.10. The Labute approximate surface area is 123 Å². The minimum atomic E-state index is -3.67. The molecule has 1 saturated heterocycles. The molecule has 1 aromatic rings. The second-order valence-corrected chi connectivity index (χ2v) is 6.41. The highest BCUT2D eigenvalue weighted by Gasteiger charge is 2.28. The number of rotatable bonds is 2. The van der Waals surface area contributed by atoms with E-state index in [1.807, 2.05) is 6.92 Å². The van der Waals surface area contributed by atoms with E-state index in [0.29, 0.717) is 19.6 Å². The molecule has 1 atom stereocenters. The van der Waals surface area contributed by atoms with Gasteiger partial charge in [-0.1, -0.05) is 0 Å². The number of halogens is 2. The van der Waals surface area contributed by atoms with E-state index in [4.69, 9.17) is 5.26 Å². The van der Waals surface area contributed by atoms with Crippen molar-refractivity contribution >= 4 is 22.4 Å². The molecule has 1 aliphatic rings. The van der Waals surface area contributed by atoms with Gasteiger partial charge in [0, 0.05) is 25.7 Å². The zero-order valence-electron chi connectivity index (χ0n) is 10.8. The summed E-state index contributed by atoms with van der Waals surface area (Å²) in [6.45, 7) is 3.20. The Morgan fingerprint density at radius 1 is 1.50 bits per heavy atom. The van der Waals surface area contributed by atoms with E-state index >= 15 is 0 Å². The fourth-order valence-electron chi connectivity index (χ4n) is 2.01. The number of hydrogen-bond acceptors (Lipinski definition) is 4. The van der Waals surface area contributed by atoms with Crippen LogP contribution in [0.1, 0.15) is 12.5 Å². The fraction of sp³-hybridized carbons (Fsp3) is 0.417. The number of nitrogens with zero attached hydrogens (tertiary/aromatic N) is 2. The van der Waals surface area contributed by atoms with Crippen LogP contribution in [0.2, 0.25) is 0 Å². The number of nitrogens with one attached hydrogen (secondary N) is 1. The first-order valence-electron chi connectivity index (χ1n) is 5.88. The largest absolute Gasteiger partial charge is 0.312 e. The smallest absolute Gasteiger partial charge is 0.243 e. The van der Waals surface area contributed by atoms with Gasteiger partial charge in [-0.25, -0.2) is 12.8 Å². The van der Waals surface area contributed by atoms with Crippen molar-refractivity contribution in [3.8, 4) is 6.07 Å². The summed E-state index contributed by atoms with van der Waals surface area (Å²) in [5.41, 5.74) is -0.260. The SMILES string of the molecule is CC1CN(S(=O)(=O)c2ccc(F)c(C#N)c2)CCN1.Cl. The van der Waals surface area contributed by atoms with Gasteiger partial charge in [-0.3, -0.25) is 0 Å². The maximum atomic E-state index is 13.2. The molecule has 0 aromatic heterocycles. The van der Waals surface area contributed by atoms with Gasteiger partial charge in [0.05, 0.1) is 10.5 Å². The van der Waals surface area contributed by atoms with Crippen molar-refractivity contribution in [2.45, 2.75) is 17.9 Å². The molecule has 5 nitrogen and oxygen atoms in total. The molecule has 20 heavy (non-hydrogen) atoms. The van der Waals surface area contributed by atoms with Crippen LogP contribution >= 0.6 is 12.4 Å². The van der Waals surface area contributed by atoms with Crippen LogP contribution in [0.15, 0.2) is 23.1 Å². The van der Waals surface area contributed by atoms with Gasteiger partial charge in [0.15, 0.2) is 0 Å². The lowest BCUT2D eigenvalue weighted by Crippen LogP contribution is -2.51. The van der Waals surface area contributed by atoms with Gasteiger partial charge in [0.1, 0.15) is 11.9 Å². The number of sulfonamides is 1. The molecular weight excluding hydrogens is 305 g/mol. The van der Waals surface area contributed by atoms with Crippen LogP contribution in [0.5, 0.6) is 0 Å². The third kappa shape index (κ3) is 3.27. The maximum Gasteiger partial charge on any atom is 0.243 e. The van der Waals surface area contributed by atoms with E-state index in [1.165, 1.54) is 10.4 Å². The first-order chi connectivity index (χ1) is 8.95. The minimum absolute atomic E-state index is 0. The molecule has 1 fully saturated rings. The van der Waals surface area contributed by atoms with Gasteiger partial charge in [0.2, 0.25) is 10.0 Å². The average Bonchev–Trinajstić information content (AvgIpc) is 2.39. The van der Waals surface area contributed by atoms with Gasteiger partial charge in [-0.2, -0.15) is 9.57 Å². The summed E-state index contributed by atoms with van der Waals surface area (Å²) >= 11 is 0. The van der Waals surface area contributed by atoms with Crippen molar-refractivity contribution in [1.29, 1.82) is 5.26 Å². The first kappa shape index (κ1) is 16.9. The summed E-state index contributed by atoms with van der Waals surface area (Å²) in [4.78, 5) is -0.0421. The number of hydrogen-bond donors (Lipinski definition) is 1. The number of piperazine rings is 1. The molecule has 0 bridgehead atoms. The molecule has 1 N–H and O–H groups in total. The molecule has 1 heterocycles. The highest BCUT2D eigenvalue weighted by molar-refractivity contribution is 7.89. The Kier molecular flexibility index (Phi) is 5.48. The van der Waals surface area contributed by atoms with E-state index in [2.05, 4.69) is 5.32 Å². The standard InChI is InChI=1S/C12H14FN3O2S.ClH/c1-9-8-16(5-4-15-9)19(17,18)11-2-3-12(13)10(6-11)7-14;/h2-3,6,9,15H,4-5,8H2,1H3;1H. The normalized spacial score (nSPS) is 19.9. The Hall–Kier alpha value is -1.20. The van der Waals surface area contributed by atoms with Crippen LogP contribution < -0.4 is 5.32 Å². The minimum Gasteiger partial charge on any atom is -0.312 e. The Morgan fingerprint density at radius 2 is 2.20 bits per heavy atom. The third-order valence-corrected chi connectivity index (χ3v) is 4.89. The molecule has 0 radical (unpaired) electrons. The predicted molar refractivity (Wildman–Crippen MR) is 74.6 cm³/mol. The Morgan fingerprint density at radius 3 is 2.80 bits per heavy atom. The van der Waals surface area contributed by atoms with Crippen molar-refractivity contribution in [3.63, 3.8) is 0 Å². The van der Waals surface area contributed by atoms with Crippen LogP contribution in [-0.4, -0.2) is 38.4 Å². The molecule has 8 heteroatoms. The molecule has 1 aliphatic heterocycles. The third-order valence-electron chi connectivity index (χ3n) is 3.03. The molecule has 0 aliphatic carbocycles. The lowest BCUT2D eigenvalue weighted by Gasteiger charge is -2.31. The zero-order chi connectivity index (χ0) is 14.0. The van der Waals surface area contributed by atoms with Crippen LogP contribution in [0.25, 0.3) is 0 Å². The van der Waals surface area contributed by atoms with Gasteiger partial charge in [0.25, 0.3) is 0 Å². The molecule has 0 amide bonds. The summed E-state index contributed by atoms with van der Waals surface area (Å²) in [7, 11) is -3.67. The van der Waals surface area contributed by atoms with Gasteiger partial charge >= 0.3 is 0 Å². The molecule has 0 saturated carbocycles. The molecule has 110 valence electrons. The van der Waals surface area contributed by atoms with Crippen LogP contribution in [-0.2, 0) is 10.0 Å². The van der Waals surface area contributed by atoms with E-state index in [0.717, 1.165) is 12.1 Å². The summed E-state index contributed by atoms with van der Waals surface area (Å²) in [5.74, 6) is -0.713. The number of nitriles is 1. The van der Waals surface area contributed by atoms with Crippen molar-refractivity contribution in [3.05, 3.63) is 29.6 Å². The van der Waals surface area contributed by atoms with Crippen LogP contribution in [0.4, 0.5) is 4.39 Å². The van der Waals surface area contributed by atoms with Crippen molar-refractivity contribution in [2.75, 3.05) is 19.6 Å². The van der Waals surface area contributed by atoms with E-state index in [-0.39, 0.29) is 28.9 Å². The highest BCUT2D eigenvalue weighted by atomic mass is 35.5. The lowest BCUT2D eigenvalue weighted by molar-refractivity contribution is 0.310. The van der Waals surface area contributed by atoms with Gasteiger partial charge in [-0.15, -0.1) is 12.4 Å². The fourth-order valence-corrected chi connectivity index (χ4v) is 3.57. The topological polar surface area (TPSA) is 73.2 Å². The molecule has 2 rings (SSSR count). The molecule has 1 aromatic carbocycles. The quantitative estimate of drug-likeness (QED) is 0.886. The Bertz CT molecular complexity index is 630. The maximum absolute atomic E-state index is 13.2. The average molecular weight is 320 g/mol.